The molecule has 0 spiro atoms. The van der Waals surface area contributed by atoms with Crippen LogP contribution in [-0.4, -0.2) is 46.2 Å². The second-order valence-corrected chi connectivity index (χ2v) is 9.92. The molecular formula is C25H28FN3O3S. The number of aryl methyl sites for hydroxylation is 1. The van der Waals surface area contributed by atoms with Crippen molar-refractivity contribution in [3.8, 4) is 0 Å². The van der Waals surface area contributed by atoms with Crippen LogP contribution in [0, 0.1) is 12.7 Å². The zero-order valence-corrected chi connectivity index (χ0v) is 19.3. The van der Waals surface area contributed by atoms with Crippen LogP contribution in [0.3, 0.4) is 0 Å². The minimum absolute atomic E-state index is 0.164. The first-order valence-corrected chi connectivity index (χ1v) is 12.4. The van der Waals surface area contributed by atoms with Gasteiger partial charge in [0.1, 0.15) is 5.82 Å². The molecule has 3 aromatic rings. The Morgan fingerprint density at radius 2 is 1.52 bits per heavy atom. The van der Waals surface area contributed by atoms with Crippen LogP contribution in [-0.2, 0) is 10.0 Å². The zero-order chi connectivity index (χ0) is 23.4. The summed E-state index contributed by atoms with van der Waals surface area (Å²) in [5, 5.41) is 10.2. The fourth-order valence-electron chi connectivity index (χ4n) is 4.08. The highest BCUT2D eigenvalue weighted by Crippen LogP contribution is 2.26. The van der Waals surface area contributed by atoms with E-state index in [9.17, 15) is 17.9 Å². The lowest BCUT2D eigenvalue weighted by Crippen LogP contribution is -2.47. The minimum Gasteiger partial charge on any atom is -0.387 e. The summed E-state index contributed by atoms with van der Waals surface area (Å²) in [7, 11) is -3.96. The lowest BCUT2D eigenvalue weighted by molar-refractivity contribution is 0.182. The first-order chi connectivity index (χ1) is 15.8. The van der Waals surface area contributed by atoms with Crippen molar-refractivity contribution in [3.63, 3.8) is 0 Å². The molecule has 1 aliphatic heterocycles. The van der Waals surface area contributed by atoms with Gasteiger partial charge in [-0.1, -0.05) is 48.5 Å². The number of para-hydroxylation sites is 1. The van der Waals surface area contributed by atoms with E-state index in [0.717, 1.165) is 19.2 Å². The second kappa shape index (κ2) is 9.91. The van der Waals surface area contributed by atoms with Gasteiger partial charge in [0.25, 0.3) is 0 Å². The van der Waals surface area contributed by atoms with E-state index in [1.54, 1.807) is 24.3 Å². The molecule has 1 aliphatic rings. The lowest BCUT2D eigenvalue weighted by Gasteiger charge is -2.38. The molecule has 0 bridgehead atoms. The van der Waals surface area contributed by atoms with Gasteiger partial charge in [0.05, 0.1) is 16.7 Å². The van der Waals surface area contributed by atoms with Gasteiger partial charge in [-0.15, -0.1) is 0 Å². The molecule has 3 aromatic carbocycles. The van der Waals surface area contributed by atoms with Crippen molar-refractivity contribution in [3.05, 3.63) is 89.7 Å². The molecular weight excluding hydrogens is 441 g/mol. The third-order valence-electron chi connectivity index (χ3n) is 5.96. The summed E-state index contributed by atoms with van der Waals surface area (Å²) < 4.78 is 42.5. The molecule has 33 heavy (non-hydrogen) atoms. The predicted octanol–water partition coefficient (Wildman–Crippen LogP) is 3.47. The molecule has 6 nitrogen and oxygen atoms in total. The van der Waals surface area contributed by atoms with Gasteiger partial charge in [-0.05, 0) is 42.3 Å². The lowest BCUT2D eigenvalue weighted by atomic mass is 10.1. The number of nitrogens with zero attached hydrogens (tertiary/aromatic N) is 2. The Balaban J connectivity index is 1.40. The largest absolute Gasteiger partial charge is 0.387 e. The van der Waals surface area contributed by atoms with E-state index in [1.165, 1.54) is 23.4 Å². The monoisotopic (exact) mass is 469 g/mol. The van der Waals surface area contributed by atoms with E-state index in [0.29, 0.717) is 24.3 Å². The molecule has 1 fully saturated rings. The minimum atomic E-state index is -3.96. The molecule has 0 amide bonds. The van der Waals surface area contributed by atoms with E-state index in [4.69, 9.17) is 0 Å². The van der Waals surface area contributed by atoms with Gasteiger partial charge in [0, 0.05) is 38.4 Å². The number of piperazine rings is 1. The molecule has 0 unspecified atom stereocenters. The molecule has 8 heteroatoms. The van der Waals surface area contributed by atoms with E-state index < -0.39 is 21.9 Å². The fourth-order valence-corrected chi connectivity index (χ4v) is 5.13. The van der Waals surface area contributed by atoms with Crippen LogP contribution >= 0.6 is 0 Å². The number of anilines is 2. The molecule has 0 saturated carbocycles. The van der Waals surface area contributed by atoms with E-state index in [2.05, 4.69) is 28.7 Å². The van der Waals surface area contributed by atoms with Crippen molar-refractivity contribution in [2.24, 2.45) is 0 Å². The maximum absolute atomic E-state index is 14.9. The molecule has 2 N–H and O–H groups in total. The number of sulfonamides is 1. The van der Waals surface area contributed by atoms with Crippen LogP contribution in [0.25, 0.3) is 0 Å². The van der Waals surface area contributed by atoms with Gasteiger partial charge in [0.15, 0.2) is 0 Å². The number of rotatable bonds is 7. The average Bonchev–Trinajstić information content (AvgIpc) is 2.83. The number of hydrogen-bond acceptors (Lipinski definition) is 5. The molecule has 0 aromatic heterocycles. The van der Waals surface area contributed by atoms with Crippen LogP contribution < -0.4 is 14.5 Å². The number of benzene rings is 3. The smallest absolute Gasteiger partial charge is 0.240 e. The van der Waals surface area contributed by atoms with E-state index in [1.807, 2.05) is 23.1 Å². The Bertz CT molecular complexity index is 1200. The third kappa shape index (κ3) is 5.35. The molecule has 0 radical (unpaired) electrons. The van der Waals surface area contributed by atoms with Crippen LogP contribution in [0.1, 0.15) is 17.2 Å². The summed E-state index contributed by atoms with van der Waals surface area (Å²) in [5.74, 6) is -0.578. The van der Waals surface area contributed by atoms with Gasteiger partial charge in [-0.25, -0.2) is 17.5 Å². The molecule has 0 aliphatic carbocycles. The third-order valence-corrected chi connectivity index (χ3v) is 7.38. The molecule has 4 rings (SSSR count). The highest BCUT2D eigenvalue weighted by Gasteiger charge is 2.23. The molecule has 1 atom stereocenters. The maximum Gasteiger partial charge on any atom is 0.240 e. The predicted molar refractivity (Wildman–Crippen MR) is 129 cm³/mol. The van der Waals surface area contributed by atoms with Crippen molar-refractivity contribution in [1.82, 2.24) is 4.72 Å². The van der Waals surface area contributed by atoms with Crippen molar-refractivity contribution in [1.29, 1.82) is 0 Å². The van der Waals surface area contributed by atoms with Gasteiger partial charge in [-0.2, -0.15) is 0 Å². The Morgan fingerprint density at radius 1 is 0.909 bits per heavy atom. The van der Waals surface area contributed by atoms with Crippen molar-refractivity contribution in [2.45, 2.75) is 17.9 Å². The summed E-state index contributed by atoms with van der Waals surface area (Å²) in [6, 6.07) is 20.9. The molecule has 1 heterocycles. The first kappa shape index (κ1) is 23.2. The zero-order valence-electron chi connectivity index (χ0n) is 18.5. The van der Waals surface area contributed by atoms with Crippen LogP contribution in [0.2, 0.25) is 0 Å². The van der Waals surface area contributed by atoms with Gasteiger partial charge in [-0.3, -0.25) is 0 Å². The maximum atomic E-state index is 14.9. The van der Waals surface area contributed by atoms with Crippen LogP contribution in [0.15, 0.2) is 77.7 Å². The number of aliphatic hydroxyl groups is 1. The highest BCUT2D eigenvalue weighted by atomic mass is 32.2. The summed E-state index contributed by atoms with van der Waals surface area (Å²) in [6.45, 7) is 4.66. The number of aliphatic hydroxyl groups excluding tert-OH is 1. The Hall–Kier alpha value is -2.94. The van der Waals surface area contributed by atoms with E-state index in [-0.39, 0.29) is 11.4 Å². The summed E-state index contributed by atoms with van der Waals surface area (Å²) in [4.78, 5) is 4.06. The Labute approximate surface area is 194 Å². The Kier molecular flexibility index (Phi) is 6.97. The fraction of sp³-hybridized carbons (Fsp3) is 0.280. The number of nitrogens with one attached hydrogen (secondary N) is 1. The summed E-state index contributed by atoms with van der Waals surface area (Å²) in [5.41, 5.74) is 3.38. The van der Waals surface area contributed by atoms with Crippen LogP contribution in [0.5, 0.6) is 0 Å². The van der Waals surface area contributed by atoms with Gasteiger partial charge in [0.2, 0.25) is 10.0 Å². The van der Waals surface area contributed by atoms with Crippen molar-refractivity contribution in [2.75, 3.05) is 42.5 Å². The van der Waals surface area contributed by atoms with Crippen molar-refractivity contribution < 1.29 is 17.9 Å². The van der Waals surface area contributed by atoms with Gasteiger partial charge < -0.3 is 14.9 Å². The average molecular weight is 470 g/mol. The second-order valence-electron chi connectivity index (χ2n) is 8.15. The SMILES string of the molecule is Cc1ccccc1N1CCN(c2ccc(S(=O)(=O)NC[C@@H](O)c3ccccc3)cc2F)CC1. The first-order valence-electron chi connectivity index (χ1n) is 10.9. The molecule has 1 saturated heterocycles. The topological polar surface area (TPSA) is 72.9 Å². The number of hydrogen-bond donors (Lipinski definition) is 2. The van der Waals surface area contributed by atoms with Crippen molar-refractivity contribution >= 4 is 21.4 Å². The van der Waals surface area contributed by atoms with Crippen LogP contribution in [0.4, 0.5) is 15.8 Å². The highest BCUT2D eigenvalue weighted by molar-refractivity contribution is 7.89. The normalized spacial score (nSPS) is 15.5. The Morgan fingerprint density at radius 3 is 2.15 bits per heavy atom. The van der Waals surface area contributed by atoms with Gasteiger partial charge >= 0.3 is 0 Å². The van der Waals surface area contributed by atoms with E-state index >= 15 is 0 Å². The summed E-state index contributed by atoms with van der Waals surface area (Å²) >= 11 is 0. The number of halogens is 1. The summed E-state index contributed by atoms with van der Waals surface area (Å²) in [6.07, 6.45) is -0.991. The molecule has 174 valence electrons. The quantitative estimate of drug-likeness (QED) is 0.554. The standard InChI is InChI=1S/C25H28FN3O3S/c1-19-7-5-6-10-23(19)28-13-15-29(16-14-28)24-12-11-21(17-22(24)26)33(31,32)27-18-25(30)20-8-3-2-4-9-20/h2-12,17,25,27,30H,13-16,18H2,1H3/t25-/m1/s1.